The van der Waals surface area contributed by atoms with Crippen LogP contribution in [0.3, 0.4) is 0 Å². The Morgan fingerprint density at radius 2 is 1.68 bits per heavy atom. The fraction of sp³-hybridized carbons (Fsp3) is 0.241. The second-order valence-corrected chi connectivity index (χ2v) is 9.53. The highest BCUT2D eigenvalue weighted by Crippen LogP contribution is 2.49. The van der Waals surface area contributed by atoms with Gasteiger partial charge in [-0.1, -0.05) is 18.2 Å². The fourth-order valence-corrected chi connectivity index (χ4v) is 4.34. The van der Waals surface area contributed by atoms with Gasteiger partial charge in [-0.25, -0.2) is 13.8 Å². The molecule has 37 heavy (non-hydrogen) atoms. The molecule has 1 aliphatic carbocycles. The van der Waals surface area contributed by atoms with E-state index in [1.165, 1.54) is 36.4 Å². The third kappa shape index (κ3) is 5.05. The number of benzene rings is 2. The Morgan fingerprint density at radius 3 is 2.35 bits per heavy atom. The first-order chi connectivity index (χ1) is 17.7. The van der Waals surface area contributed by atoms with Crippen molar-refractivity contribution < 1.29 is 23.1 Å². The average Bonchev–Trinajstić information content (AvgIpc) is 3.69. The van der Waals surface area contributed by atoms with Crippen molar-refractivity contribution in [1.82, 2.24) is 9.97 Å². The lowest BCUT2D eigenvalue weighted by Gasteiger charge is -2.15. The lowest BCUT2D eigenvalue weighted by molar-refractivity contribution is -0.133. The minimum atomic E-state index is -1.08. The summed E-state index contributed by atoms with van der Waals surface area (Å²) in [6.45, 7) is 0. The van der Waals surface area contributed by atoms with E-state index in [1.54, 1.807) is 24.5 Å². The van der Waals surface area contributed by atoms with E-state index in [-0.39, 0.29) is 41.5 Å². The van der Waals surface area contributed by atoms with Gasteiger partial charge in [-0.2, -0.15) is 0 Å². The summed E-state index contributed by atoms with van der Waals surface area (Å²) in [5.74, 6) is 0.0280. The Morgan fingerprint density at radius 1 is 0.946 bits per heavy atom. The summed E-state index contributed by atoms with van der Waals surface area (Å²) in [6, 6.07) is 13.5. The number of carbonyl (C=O) groups excluding carboxylic acids is 2. The molecule has 0 amide bonds. The molecule has 2 aromatic carbocycles. The van der Waals surface area contributed by atoms with Crippen LogP contribution in [0.2, 0.25) is 0 Å². The van der Waals surface area contributed by atoms with E-state index in [1.807, 2.05) is 25.1 Å². The maximum Gasteiger partial charge on any atom is 0.150 e. The minimum absolute atomic E-state index is 0.0477. The van der Waals surface area contributed by atoms with Gasteiger partial charge >= 0.3 is 0 Å². The van der Waals surface area contributed by atoms with E-state index in [0.29, 0.717) is 35.1 Å². The number of fused-ring (bicyclic) bond motifs is 1. The standard InChI is InChI=1S/C29H25F2N3O3/c1-34(2)28-16-24-22(17-33-28)25(9-12-32-24)37-21-8-5-19(23(31)15-21)14-27(36)29(10-11-29)26(35)13-18-3-6-20(30)7-4-18/h3-9,12,15-17H,10-11,13-14H2,1-2H3. The zero-order valence-corrected chi connectivity index (χ0v) is 20.5. The number of aromatic nitrogens is 2. The van der Waals surface area contributed by atoms with Crippen LogP contribution < -0.4 is 9.64 Å². The maximum atomic E-state index is 15.0. The van der Waals surface area contributed by atoms with Crippen LogP contribution in [0.15, 0.2) is 67.0 Å². The van der Waals surface area contributed by atoms with Gasteiger partial charge in [0.1, 0.15) is 29.0 Å². The molecule has 2 aromatic heterocycles. The van der Waals surface area contributed by atoms with Gasteiger partial charge in [-0.15, -0.1) is 0 Å². The molecule has 5 rings (SSSR count). The molecule has 0 N–H and O–H groups in total. The van der Waals surface area contributed by atoms with Crippen molar-refractivity contribution in [3.63, 3.8) is 0 Å². The van der Waals surface area contributed by atoms with Crippen molar-refractivity contribution in [3.8, 4) is 11.5 Å². The number of halogens is 2. The van der Waals surface area contributed by atoms with Crippen molar-refractivity contribution in [2.24, 2.45) is 5.41 Å². The third-order valence-electron chi connectivity index (χ3n) is 6.73. The zero-order chi connectivity index (χ0) is 26.2. The van der Waals surface area contributed by atoms with Crippen molar-refractivity contribution in [2.75, 3.05) is 19.0 Å². The number of carbonyl (C=O) groups is 2. The quantitative estimate of drug-likeness (QED) is 0.283. The van der Waals surface area contributed by atoms with Crippen molar-refractivity contribution in [3.05, 3.63) is 89.8 Å². The van der Waals surface area contributed by atoms with Gasteiger partial charge < -0.3 is 9.64 Å². The van der Waals surface area contributed by atoms with Crippen LogP contribution in [0, 0.1) is 17.0 Å². The molecule has 4 aromatic rings. The number of nitrogens with zero attached hydrogens (tertiary/aromatic N) is 3. The molecule has 0 radical (unpaired) electrons. The normalized spacial score (nSPS) is 13.8. The van der Waals surface area contributed by atoms with Crippen LogP contribution >= 0.6 is 0 Å². The summed E-state index contributed by atoms with van der Waals surface area (Å²) in [4.78, 5) is 36.5. The highest BCUT2D eigenvalue weighted by molar-refractivity contribution is 6.11. The third-order valence-corrected chi connectivity index (χ3v) is 6.73. The second kappa shape index (κ2) is 9.69. The molecule has 0 unspecified atom stereocenters. The van der Waals surface area contributed by atoms with Gasteiger partial charge in [0.15, 0.2) is 11.6 Å². The molecule has 0 atom stereocenters. The summed E-state index contributed by atoms with van der Waals surface area (Å²) in [6.07, 6.45) is 4.04. The highest BCUT2D eigenvalue weighted by atomic mass is 19.1. The fourth-order valence-electron chi connectivity index (χ4n) is 4.34. The summed E-state index contributed by atoms with van der Waals surface area (Å²) in [5, 5.41) is 0.683. The number of hydrogen-bond donors (Lipinski definition) is 0. The summed E-state index contributed by atoms with van der Waals surface area (Å²) < 4.78 is 34.1. The first-order valence-electron chi connectivity index (χ1n) is 11.9. The number of pyridine rings is 2. The number of ketones is 2. The number of ether oxygens (including phenoxy) is 1. The molecule has 6 nitrogen and oxygen atoms in total. The molecule has 0 spiro atoms. The Labute approximate surface area is 212 Å². The lowest BCUT2D eigenvalue weighted by atomic mass is 9.88. The largest absolute Gasteiger partial charge is 0.456 e. The smallest absolute Gasteiger partial charge is 0.150 e. The SMILES string of the molecule is CN(C)c1cc2nccc(Oc3ccc(CC(=O)C4(C(=O)Cc5ccc(F)cc5)CC4)c(F)c3)c2cn1. The number of rotatable bonds is 9. The predicted molar refractivity (Wildman–Crippen MR) is 136 cm³/mol. The van der Waals surface area contributed by atoms with Gasteiger partial charge in [-0.3, -0.25) is 14.6 Å². The predicted octanol–water partition coefficient (Wildman–Crippen LogP) is 5.47. The second-order valence-electron chi connectivity index (χ2n) is 9.53. The molecule has 1 aliphatic rings. The van der Waals surface area contributed by atoms with Crippen molar-refractivity contribution >= 4 is 28.3 Å². The first-order valence-corrected chi connectivity index (χ1v) is 11.9. The van der Waals surface area contributed by atoms with Gasteiger partial charge in [0.05, 0.1) is 16.3 Å². The van der Waals surface area contributed by atoms with Crippen LogP contribution in [0.5, 0.6) is 11.5 Å². The highest BCUT2D eigenvalue weighted by Gasteiger charge is 2.54. The molecule has 188 valence electrons. The van der Waals surface area contributed by atoms with Crippen molar-refractivity contribution in [1.29, 1.82) is 0 Å². The van der Waals surface area contributed by atoms with Crippen molar-refractivity contribution in [2.45, 2.75) is 25.7 Å². The molecule has 1 fully saturated rings. The van der Waals surface area contributed by atoms with Gasteiger partial charge in [0.25, 0.3) is 0 Å². The van der Waals surface area contributed by atoms with Gasteiger partial charge in [0.2, 0.25) is 0 Å². The maximum absolute atomic E-state index is 15.0. The molecular weight excluding hydrogens is 476 g/mol. The molecular formula is C29H25F2N3O3. The van der Waals surface area contributed by atoms with E-state index in [0.717, 1.165) is 5.82 Å². The molecule has 1 saturated carbocycles. The average molecular weight is 502 g/mol. The number of anilines is 1. The monoisotopic (exact) mass is 501 g/mol. The Hall–Kier alpha value is -4.20. The van der Waals surface area contributed by atoms with E-state index in [2.05, 4.69) is 9.97 Å². The van der Waals surface area contributed by atoms with E-state index in [4.69, 9.17) is 4.74 Å². The van der Waals surface area contributed by atoms with Gasteiger partial charge in [-0.05, 0) is 48.2 Å². The molecule has 0 bridgehead atoms. The Balaban J connectivity index is 1.29. The topological polar surface area (TPSA) is 72.4 Å². The summed E-state index contributed by atoms with van der Waals surface area (Å²) in [5.41, 5.74) is 0.466. The van der Waals surface area contributed by atoms with Crippen LogP contribution in [0.4, 0.5) is 14.6 Å². The number of hydrogen-bond acceptors (Lipinski definition) is 6. The molecule has 2 heterocycles. The Bertz CT molecular complexity index is 1500. The first kappa shape index (κ1) is 24.5. The van der Waals surface area contributed by atoms with Crippen LogP contribution in [0.1, 0.15) is 24.0 Å². The van der Waals surface area contributed by atoms with Crippen LogP contribution in [-0.4, -0.2) is 35.6 Å². The van der Waals surface area contributed by atoms with Crippen LogP contribution in [-0.2, 0) is 22.4 Å². The molecule has 0 saturated heterocycles. The molecule has 8 heteroatoms. The van der Waals surface area contributed by atoms with E-state index < -0.39 is 11.2 Å². The minimum Gasteiger partial charge on any atom is -0.456 e. The zero-order valence-electron chi connectivity index (χ0n) is 20.5. The number of Topliss-reactive ketones (excluding diaryl/α,β-unsaturated/α-hetero) is 2. The molecule has 0 aliphatic heterocycles. The van der Waals surface area contributed by atoms with E-state index >= 15 is 0 Å². The van der Waals surface area contributed by atoms with Crippen LogP contribution in [0.25, 0.3) is 10.9 Å². The lowest BCUT2D eigenvalue weighted by Crippen LogP contribution is -2.29. The Kier molecular flexibility index (Phi) is 6.41. The summed E-state index contributed by atoms with van der Waals surface area (Å²) in [7, 11) is 3.77. The van der Waals surface area contributed by atoms with Gasteiger partial charge in [0, 0.05) is 51.5 Å². The summed E-state index contributed by atoms with van der Waals surface area (Å²) >= 11 is 0. The van der Waals surface area contributed by atoms with E-state index in [9.17, 15) is 18.4 Å².